The Hall–Kier alpha value is -1.30. The zero-order valence-corrected chi connectivity index (χ0v) is 14.3. The molecule has 1 aromatic carbocycles. The third kappa shape index (κ3) is 5.68. The fourth-order valence-electron chi connectivity index (χ4n) is 2.70. The van der Waals surface area contributed by atoms with E-state index in [4.69, 9.17) is 16.3 Å². The van der Waals surface area contributed by atoms with Gasteiger partial charge in [-0.3, -0.25) is 4.79 Å². The van der Waals surface area contributed by atoms with E-state index in [-0.39, 0.29) is 12.0 Å². The van der Waals surface area contributed by atoms with Crippen molar-refractivity contribution in [2.75, 3.05) is 32.8 Å². The second kappa shape index (κ2) is 9.11. The number of hydrogen-bond donors (Lipinski definition) is 2. The number of carbonyl (C=O) groups is 1. The lowest BCUT2D eigenvalue weighted by Crippen LogP contribution is -2.37. The van der Waals surface area contributed by atoms with Gasteiger partial charge in [-0.15, -0.1) is 0 Å². The third-order valence-corrected chi connectivity index (χ3v) is 4.22. The van der Waals surface area contributed by atoms with E-state index in [9.17, 15) is 9.90 Å². The Morgan fingerprint density at radius 1 is 1.43 bits per heavy atom. The molecule has 1 aliphatic rings. The van der Waals surface area contributed by atoms with Gasteiger partial charge in [0.25, 0.3) is 5.91 Å². The number of likely N-dealkylation sites (tertiary alicyclic amines) is 1. The molecule has 1 saturated heterocycles. The number of aliphatic hydroxyl groups excluding tert-OH is 1. The van der Waals surface area contributed by atoms with Gasteiger partial charge in [0.05, 0.1) is 18.3 Å². The quantitative estimate of drug-likeness (QED) is 0.748. The van der Waals surface area contributed by atoms with Gasteiger partial charge in [0.15, 0.2) is 0 Å². The highest BCUT2D eigenvalue weighted by atomic mass is 35.5. The summed E-state index contributed by atoms with van der Waals surface area (Å²) in [6, 6.07) is 5.05. The predicted octanol–water partition coefficient (Wildman–Crippen LogP) is 2.32. The lowest BCUT2D eigenvalue weighted by atomic mass is 10.1. The number of hydrogen-bond acceptors (Lipinski definition) is 4. The minimum Gasteiger partial charge on any atom is -0.493 e. The van der Waals surface area contributed by atoms with Crippen LogP contribution in [-0.2, 0) is 0 Å². The molecular formula is C17H25ClN2O3. The first-order valence-corrected chi connectivity index (χ1v) is 8.59. The molecule has 1 aliphatic heterocycles. The van der Waals surface area contributed by atoms with Crippen LogP contribution in [0, 0.1) is 0 Å². The van der Waals surface area contributed by atoms with Crippen LogP contribution >= 0.6 is 11.6 Å². The van der Waals surface area contributed by atoms with Crippen LogP contribution in [0.4, 0.5) is 0 Å². The van der Waals surface area contributed by atoms with Gasteiger partial charge in [-0.25, -0.2) is 0 Å². The predicted molar refractivity (Wildman–Crippen MR) is 91.3 cm³/mol. The summed E-state index contributed by atoms with van der Waals surface area (Å²) < 4.78 is 5.47. The Kier molecular flexibility index (Phi) is 7.15. The van der Waals surface area contributed by atoms with Gasteiger partial charge in [-0.1, -0.05) is 11.6 Å². The Bertz CT molecular complexity index is 517. The van der Waals surface area contributed by atoms with Crippen LogP contribution in [0.2, 0.25) is 5.02 Å². The fourth-order valence-corrected chi connectivity index (χ4v) is 2.86. The van der Waals surface area contributed by atoms with Crippen LogP contribution in [0.1, 0.15) is 36.5 Å². The summed E-state index contributed by atoms with van der Waals surface area (Å²) in [7, 11) is 0. The van der Waals surface area contributed by atoms with Crippen molar-refractivity contribution in [1.82, 2.24) is 10.2 Å². The number of ether oxygens (including phenoxy) is 1. The Morgan fingerprint density at radius 3 is 2.87 bits per heavy atom. The summed E-state index contributed by atoms with van der Waals surface area (Å²) in [5, 5.41) is 13.0. The lowest BCUT2D eigenvalue weighted by Gasteiger charge is -2.29. The molecule has 0 aromatic heterocycles. The third-order valence-electron chi connectivity index (χ3n) is 3.98. The SMILES string of the molecule is CCOc1cc(Cl)ccc1C(=O)NCCCN1CCC(O)CC1. The fraction of sp³-hybridized carbons (Fsp3) is 0.588. The minimum atomic E-state index is -0.146. The van der Waals surface area contributed by atoms with Gasteiger partial charge >= 0.3 is 0 Å². The summed E-state index contributed by atoms with van der Waals surface area (Å²) in [6.45, 7) is 5.78. The Labute approximate surface area is 142 Å². The molecule has 1 fully saturated rings. The molecule has 23 heavy (non-hydrogen) atoms. The zero-order chi connectivity index (χ0) is 16.7. The lowest BCUT2D eigenvalue weighted by molar-refractivity contribution is 0.0816. The average molecular weight is 341 g/mol. The molecule has 0 atom stereocenters. The van der Waals surface area contributed by atoms with E-state index in [1.54, 1.807) is 18.2 Å². The van der Waals surface area contributed by atoms with E-state index in [0.717, 1.165) is 38.9 Å². The number of carbonyl (C=O) groups excluding carboxylic acids is 1. The molecule has 0 spiro atoms. The first-order chi connectivity index (χ1) is 11.1. The maximum atomic E-state index is 12.3. The summed E-state index contributed by atoms with van der Waals surface area (Å²) in [5.41, 5.74) is 0.511. The Morgan fingerprint density at radius 2 is 2.17 bits per heavy atom. The van der Waals surface area contributed by atoms with E-state index in [2.05, 4.69) is 10.2 Å². The summed E-state index contributed by atoms with van der Waals surface area (Å²) in [4.78, 5) is 14.6. The molecule has 0 bridgehead atoms. The normalized spacial score (nSPS) is 16.3. The van der Waals surface area contributed by atoms with Gasteiger partial charge in [0.2, 0.25) is 0 Å². The van der Waals surface area contributed by atoms with E-state index in [1.165, 1.54) is 0 Å². The van der Waals surface area contributed by atoms with Gasteiger partial charge < -0.3 is 20.1 Å². The first-order valence-electron chi connectivity index (χ1n) is 8.21. The number of nitrogens with one attached hydrogen (secondary N) is 1. The average Bonchev–Trinajstić information content (AvgIpc) is 2.53. The highest BCUT2D eigenvalue weighted by Crippen LogP contribution is 2.23. The van der Waals surface area contributed by atoms with Crippen molar-refractivity contribution in [2.45, 2.75) is 32.3 Å². The summed E-state index contributed by atoms with van der Waals surface area (Å²) in [5.74, 6) is 0.377. The zero-order valence-electron chi connectivity index (χ0n) is 13.6. The van der Waals surface area contributed by atoms with Gasteiger partial charge in [0.1, 0.15) is 5.75 Å². The standard InChI is InChI=1S/C17H25ClN2O3/c1-2-23-16-12-13(18)4-5-15(16)17(22)19-8-3-9-20-10-6-14(21)7-11-20/h4-5,12,14,21H,2-3,6-11H2,1H3,(H,19,22). The van der Waals surface area contributed by atoms with Gasteiger partial charge in [-0.2, -0.15) is 0 Å². The number of amides is 1. The number of benzene rings is 1. The van der Waals surface area contributed by atoms with Crippen molar-refractivity contribution >= 4 is 17.5 Å². The van der Waals surface area contributed by atoms with E-state index in [0.29, 0.717) is 29.5 Å². The van der Waals surface area contributed by atoms with Crippen LogP contribution in [0.3, 0.4) is 0 Å². The monoisotopic (exact) mass is 340 g/mol. The van der Waals surface area contributed by atoms with Crippen LogP contribution in [0.15, 0.2) is 18.2 Å². The molecule has 128 valence electrons. The number of halogens is 1. The second-order valence-electron chi connectivity index (χ2n) is 5.76. The molecule has 0 radical (unpaired) electrons. The first kappa shape index (κ1) is 18.0. The Balaban J connectivity index is 1.76. The molecule has 0 saturated carbocycles. The maximum Gasteiger partial charge on any atom is 0.255 e. The molecule has 1 amide bonds. The van der Waals surface area contributed by atoms with Crippen molar-refractivity contribution in [3.63, 3.8) is 0 Å². The smallest absolute Gasteiger partial charge is 0.255 e. The highest BCUT2D eigenvalue weighted by Gasteiger charge is 2.16. The molecule has 2 N–H and O–H groups in total. The molecule has 2 rings (SSSR count). The topological polar surface area (TPSA) is 61.8 Å². The number of rotatable bonds is 7. The van der Waals surface area contributed by atoms with Gasteiger partial charge in [0, 0.05) is 24.7 Å². The van der Waals surface area contributed by atoms with Crippen molar-refractivity contribution in [3.8, 4) is 5.75 Å². The highest BCUT2D eigenvalue weighted by molar-refractivity contribution is 6.30. The number of piperidine rings is 1. The van der Waals surface area contributed by atoms with Crippen molar-refractivity contribution in [1.29, 1.82) is 0 Å². The molecule has 0 unspecified atom stereocenters. The number of aliphatic hydroxyl groups is 1. The maximum absolute atomic E-state index is 12.3. The van der Waals surface area contributed by atoms with Gasteiger partial charge in [-0.05, 0) is 50.9 Å². The summed E-state index contributed by atoms with van der Waals surface area (Å²) in [6.07, 6.45) is 2.43. The van der Waals surface area contributed by atoms with E-state index in [1.807, 2.05) is 6.92 Å². The summed E-state index contributed by atoms with van der Waals surface area (Å²) >= 11 is 5.95. The van der Waals surface area contributed by atoms with Crippen LogP contribution in [0.25, 0.3) is 0 Å². The molecule has 1 heterocycles. The molecule has 5 nitrogen and oxygen atoms in total. The van der Waals surface area contributed by atoms with Crippen molar-refractivity contribution in [2.24, 2.45) is 0 Å². The van der Waals surface area contributed by atoms with Crippen LogP contribution in [0.5, 0.6) is 5.75 Å². The van der Waals surface area contributed by atoms with E-state index >= 15 is 0 Å². The largest absolute Gasteiger partial charge is 0.493 e. The van der Waals surface area contributed by atoms with Crippen LogP contribution in [-0.4, -0.2) is 54.8 Å². The molecule has 1 aromatic rings. The van der Waals surface area contributed by atoms with Crippen molar-refractivity contribution in [3.05, 3.63) is 28.8 Å². The second-order valence-corrected chi connectivity index (χ2v) is 6.19. The minimum absolute atomic E-state index is 0.140. The number of nitrogens with zero attached hydrogens (tertiary/aromatic N) is 1. The molecular weight excluding hydrogens is 316 g/mol. The van der Waals surface area contributed by atoms with Crippen molar-refractivity contribution < 1.29 is 14.6 Å². The molecule has 0 aliphatic carbocycles. The molecule has 6 heteroatoms. The van der Waals surface area contributed by atoms with E-state index < -0.39 is 0 Å². The van der Waals surface area contributed by atoms with Crippen LogP contribution < -0.4 is 10.1 Å².